The zero-order valence-corrected chi connectivity index (χ0v) is 21.9. The molecule has 7 nitrogen and oxygen atoms in total. The van der Waals surface area contributed by atoms with Crippen LogP contribution < -0.4 is 4.90 Å². The number of nitriles is 1. The number of carbonyl (C=O) groups is 3. The van der Waals surface area contributed by atoms with Crippen LogP contribution >= 0.6 is 11.8 Å². The zero-order valence-electron chi connectivity index (χ0n) is 21.0. The fourth-order valence-corrected chi connectivity index (χ4v) is 5.03. The van der Waals surface area contributed by atoms with Crippen LogP contribution in [0.5, 0.6) is 0 Å². The Morgan fingerprint density at radius 2 is 1.81 bits per heavy atom. The Morgan fingerprint density at radius 3 is 2.46 bits per heavy atom. The van der Waals surface area contributed by atoms with Crippen molar-refractivity contribution >= 4 is 35.2 Å². The molecule has 1 aliphatic rings. The van der Waals surface area contributed by atoms with Gasteiger partial charge in [-0.2, -0.15) is 5.26 Å². The van der Waals surface area contributed by atoms with Crippen molar-refractivity contribution in [1.82, 2.24) is 9.88 Å². The molecule has 1 fully saturated rings. The van der Waals surface area contributed by atoms with Crippen molar-refractivity contribution in [3.05, 3.63) is 89.1 Å². The van der Waals surface area contributed by atoms with Crippen molar-refractivity contribution in [2.75, 3.05) is 10.7 Å². The molecule has 3 aromatic rings. The number of anilines is 1. The van der Waals surface area contributed by atoms with Crippen LogP contribution in [0.25, 0.3) is 0 Å². The average molecular weight is 513 g/mol. The summed E-state index contributed by atoms with van der Waals surface area (Å²) < 4.78 is 0. The van der Waals surface area contributed by atoms with Crippen molar-refractivity contribution in [3.63, 3.8) is 0 Å². The summed E-state index contributed by atoms with van der Waals surface area (Å²) in [5, 5.41) is 10.0. The minimum absolute atomic E-state index is 0.0153. The molecule has 1 unspecified atom stereocenters. The van der Waals surface area contributed by atoms with Gasteiger partial charge in [-0.25, -0.2) is 9.88 Å². The molecule has 2 heterocycles. The maximum absolute atomic E-state index is 13.6. The van der Waals surface area contributed by atoms with Gasteiger partial charge in [0.25, 0.3) is 5.91 Å². The lowest BCUT2D eigenvalue weighted by Crippen LogP contribution is -2.45. The summed E-state index contributed by atoms with van der Waals surface area (Å²) in [4.78, 5) is 47.2. The van der Waals surface area contributed by atoms with E-state index in [0.29, 0.717) is 16.3 Å². The number of benzene rings is 2. The van der Waals surface area contributed by atoms with Crippen LogP contribution in [-0.2, 0) is 20.9 Å². The Morgan fingerprint density at radius 1 is 1.11 bits per heavy atom. The predicted molar refractivity (Wildman–Crippen MR) is 143 cm³/mol. The predicted octanol–water partition coefficient (Wildman–Crippen LogP) is 4.84. The highest BCUT2D eigenvalue weighted by Crippen LogP contribution is 2.29. The summed E-state index contributed by atoms with van der Waals surface area (Å²) in [6.07, 6.45) is -0.0829. The van der Waals surface area contributed by atoms with E-state index in [2.05, 4.69) is 11.1 Å². The van der Waals surface area contributed by atoms with Crippen molar-refractivity contribution in [2.45, 2.75) is 50.7 Å². The summed E-state index contributed by atoms with van der Waals surface area (Å²) in [6.45, 7) is 6.15. The third-order valence-corrected chi connectivity index (χ3v) is 7.21. The minimum Gasteiger partial charge on any atom is -0.325 e. The van der Waals surface area contributed by atoms with E-state index in [1.807, 2.05) is 69.3 Å². The van der Waals surface area contributed by atoms with E-state index in [1.54, 1.807) is 18.2 Å². The monoisotopic (exact) mass is 512 g/mol. The number of hydrogen-bond donors (Lipinski definition) is 0. The highest BCUT2D eigenvalue weighted by Gasteiger charge is 2.44. The van der Waals surface area contributed by atoms with E-state index >= 15 is 0 Å². The van der Waals surface area contributed by atoms with Gasteiger partial charge in [0.15, 0.2) is 0 Å². The molecule has 1 aromatic heterocycles. The standard InChI is InChI=1S/C29H28N4O3S/c1-19(2)24-14-11-22(16-30)28(31-24)37-18-27(35)32(17-21-7-5-4-6-8-21)25-15-26(34)33(29(25)36)23-12-9-20(3)10-13-23/h4-14,19,25H,15,17-18H2,1-3H3. The molecule has 4 rings (SSSR count). The highest BCUT2D eigenvalue weighted by atomic mass is 32.2. The second-order valence-corrected chi connectivity index (χ2v) is 10.2. The van der Waals surface area contributed by atoms with Gasteiger partial charge >= 0.3 is 0 Å². The molecule has 0 saturated carbocycles. The van der Waals surface area contributed by atoms with E-state index in [0.717, 1.165) is 16.8 Å². The first-order valence-corrected chi connectivity index (χ1v) is 13.1. The molecule has 1 atom stereocenters. The van der Waals surface area contributed by atoms with Crippen LogP contribution in [-0.4, -0.2) is 39.4 Å². The Hall–Kier alpha value is -3.96. The molecule has 8 heteroatoms. The average Bonchev–Trinajstić information content (AvgIpc) is 3.19. The van der Waals surface area contributed by atoms with Crippen LogP contribution in [0.2, 0.25) is 0 Å². The molecule has 0 radical (unpaired) electrons. The Balaban J connectivity index is 1.59. The van der Waals surface area contributed by atoms with Gasteiger partial charge in [-0.15, -0.1) is 0 Å². The van der Waals surface area contributed by atoms with Gasteiger partial charge in [-0.3, -0.25) is 14.4 Å². The molecule has 188 valence electrons. The molecule has 37 heavy (non-hydrogen) atoms. The molecule has 1 saturated heterocycles. The van der Waals surface area contributed by atoms with Gasteiger partial charge in [0, 0.05) is 12.2 Å². The third kappa shape index (κ3) is 5.89. The summed E-state index contributed by atoms with van der Waals surface area (Å²) >= 11 is 1.18. The smallest absolute Gasteiger partial charge is 0.257 e. The summed E-state index contributed by atoms with van der Waals surface area (Å²) in [6, 6.07) is 21.3. The Bertz CT molecular complexity index is 1350. The van der Waals surface area contributed by atoms with Crippen LogP contribution in [0.4, 0.5) is 5.69 Å². The van der Waals surface area contributed by atoms with Crippen molar-refractivity contribution in [3.8, 4) is 6.07 Å². The molecule has 0 aliphatic carbocycles. The number of rotatable bonds is 8. The van der Waals surface area contributed by atoms with E-state index < -0.39 is 11.9 Å². The topological polar surface area (TPSA) is 94.4 Å². The molecular formula is C29H28N4O3S. The minimum atomic E-state index is -0.910. The van der Waals surface area contributed by atoms with E-state index in [-0.39, 0.29) is 36.5 Å². The van der Waals surface area contributed by atoms with Crippen molar-refractivity contribution < 1.29 is 14.4 Å². The highest BCUT2D eigenvalue weighted by molar-refractivity contribution is 8.00. The number of amides is 3. The van der Waals surface area contributed by atoms with Crippen LogP contribution in [0.15, 0.2) is 71.8 Å². The molecule has 2 aromatic carbocycles. The van der Waals surface area contributed by atoms with E-state index in [4.69, 9.17) is 0 Å². The largest absolute Gasteiger partial charge is 0.325 e. The third-order valence-electron chi connectivity index (χ3n) is 6.23. The number of nitrogens with zero attached hydrogens (tertiary/aromatic N) is 4. The van der Waals surface area contributed by atoms with Gasteiger partial charge < -0.3 is 4.90 Å². The molecule has 1 aliphatic heterocycles. The molecule has 0 spiro atoms. The molecule has 0 bridgehead atoms. The van der Waals surface area contributed by atoms with Crippen LogP contribution in [0, 0.1) is 18.3 Å². The van der Waals surface area contributed by atoms with Crippen LogP contribution in [0.1, 0.15) is 48.6 Å². The SMILES string of the molecule is Cc1ccc(N2C(=O)CC(N(Cc3ccccc3)C(=O)CSc3nc(C(C)C)ccc3C#N)C2=O)cc1. The molecule has 3 amide bonds. The number of imide groups is 1. The second-order valence-electron chi connectivity index (χ2n) is 9.27. The first kappa shape index (κ1) is 26.1. The molecular weight excluding hydrogens is 484 g/mol. The number of thioether (sulfide) groups is 1. The lowest BCUT2D eigenvalue weighted by Gasteiger charge is -2.28. The maximum Gasteiger partial charge on any atom is 0.257 e. The second kappa shape index (κ2) is 11.4. The maximum atomic E-state index is 13.6. The lowest BCUT2D eigenvalue weighted by atomic mass is 10.1. The molecule has 0 N–H and O–H groups in total. The number of hydrogen-bond acceptors (Lipinski definition) is 6. The van der Waals surface area contributed by atoms with Gasteiger partial charge in [-0.05, 0) is 42.7 Å². The number of carbonyl (C=O) groups excluding carboxylic acids is 3. The summed E-state index contributed by atoms with van der Waals surface area (Å²) in [5.41, 5.74) is 3.60. The Labute approximate surface area is 221 Å². The van der Waals surface area contributed by atoms with Gasteiger partial charge in [0.05, 0.1) is 23.4 Å². The fourth-order valence-electron chi connectivity index (χ4n) is 4.16. The fraction of sp³-hybridized carbons (Fsp3) is 0.276. The van der Waals surface area contributed by atoms with E-state index in [1.165, 1.54) is 21.6 Å². The lowest BCUT2D eigenvalue weighted by molar-refractivity contribution is -0.136. The summed E-state index contributed by atoms with van der Waals surface area (Å²) in [5.74, 6) is -0.895. The first-order valence-electron chi connectivity index (χ1n) is 12.1. The van der Waals surface area contributed by atoms with Crippen molar-refractivity contribution in [1.29, 1.82) is 5.26 Å². The van der Waals surface area contributed by atoms with E-state index in [9.17, 15) is 19.6 Å². The number of pyridine rings is 1. The zero-order chi connectivity index (χ0) is 26.5. The van der Waals surface area contributed by atoms with Crippen molar-refractivity contribution in [2.24, 2.45) is 0 Å². The van der Waals surface area contributed by atoms with Crippen LogP contribution in [0.3, 0.4) is 0 Å². The summed E-state index contributed by atoms with van der Waals surface area (Å²) in [7, 11) is 0. The first-order chi connectivity index (χ1) is 17.8. The van der Waals surface area contributed by atoms with Gasteiger partial charge in [0.1, 0.15) is 17.1 Å². The quantitative estimate of drug-likeness (QED) is 0.317. The number of aromatic nitrogens is 1. The number of aryl methyl sites for hydroxylation is 1. The Kier molecular flexibility index (Phi) is 8.04. The normalized spacial score (nSPS) is 15.2. The van der Waals surface area contributed by atoms with Gasteiger partial charge in [-0.1, -0.05) is 73.6 Å². The van der Waals surface area contributed by atoms with Gasteiger partial charge in [0.2, 0.25) is 11.8 Å².